The van der Waals surface area contributed by atoms with Gasteiger partial charge < -0.3 is 21.4 Å². The van der Waals surface area contributed by atoms with Gasteiger partial charge in [0.05, 0.1) is 0 Å². The van der Waals surface area contributed by atoms with E-state index in [2.05, 4.69) is 0 Å². The average Bonchev–Trinajstić information content (AvgIpc) is 1.61. The van der Waals surface area contributed by atoms with Crippen LogP contribution in [0.15, 0.2) is 18.2 Å². The smallest absolute Gasteiger partial charge is 0 e. The van der Waals surface area contributed by atoms with Crippen LogP contribution in [0.3, 0.4) is 0 Å². The van der Waals surface area contributed by atoms with Crippen LogP contribution >= 0.6 is 0 Å². The topological polar surface area (TPSA) is 0 Å². The van der Waals surface area contributed by atoms with Crippen molar-refractivity contribution < 1.29 is 21.1 Å². The van der Waals surface area contributed by atoms with Gasteiger partial charge >= 0.3 is 0 Å². The predicted molar refractivity (Wildman–Crippen MR) is 41.1 cm³/mol. The fourth-order valence-electron chi connectivity index (χ4n) is 0.215. The van der Waals surface area contributed by atoms with Gasteiger partial charge in [-0.15, -0.1) is 0 Å². The second-order valence-electron chi connectivity index (χ2n) is 1.04. The molecule has 9 heavy (non-hydrogen) atoms. The molecular formula is C8H15Pt-3. The molecule has 0 atom stereocenters. The van der Waals surface area contributed by atoms with Gasteiger partial charge in [0.15, 0.2) is 0 Å². The third-order valence-electron chi connectivity index (χ3n) is 0.508. The number of hydrogen-bond acceptors (Lipinski definition) is 0. The van der Waals surface area contributed by atoms with E-state index in [1.807, 2.05) is 19.1 Å². The minimum Gasteiger partial charge on any atom is -0.518 e. The maximum atomic E-state index is 5.04. The molecule has 1 heteroatoms. The van der Waals surface area contributed by atoms with E-state index < -0.39 is 0 Å². The Kier molecular flexibility index (Phi) is 61.5. The summed E-state index contributed by atoms with van der Waals surface area (Å²) in [6.07, 6.45) is 6.49. The third-order valence-corrected chi connectivity index (χ3v) is 0.508. The molecular weight excluding hydrogens is 291 g/mol. The molecule has 0 aromatic heterocycles. The van der Waals surface area contributed by atoms with Gasteiger partial charge in [0, 0.05) is 21.1 Å². The van der Waals surface area contributed by atoms with Crippen molar-refractivity contribution in [3.63, 3.8) is 0 Å². The molecule has 0 rings (SSSR count). The maximum Gasteiger partial charge on any atom is 0 e. The van der Waals surface area contributed by atoms with E-state index in [1.165, 1.54) is 0 Å². The summed E-state index contributed by atoms with van der Waals surface area (Å²) in [6, 6.07) is 0. The van der Waals surface area contributed by atoms with Crippen molar-refractivity contribution in [2.45, 2.75) is 13.3 Å². The number of rotatable bonds is 2. The Hall–Kier alpha value is 0.168. The van der Waals surface area contributed by atoms with Crippen LogP contribution < -0.4 is 0 Å². The maximum absolute atomic E-state index is 5.04. The minimum atomic E-state index is 0. The van der Waals surface area contributed by atoms with Gasteiger partial charge in [0.2, 0.25) is 0 Å². The van der Waals surface area contributed by atoms with Gasteiger partial charge in [-0.25, -0.2) is 0 Å². The Bertz CT molecular complexity index is 55.6. The number of allylic oxidation sites excluding steroid dienone is 3. The van der Waals surface area contributed by atoms with E-state index >= 15 is 0 Å². The Morgan fingerprint density at radius 2 is 1.78 bits per heavy atom. The van der Waals surface area contributed by atoms with E-state index in [0.29, 0.717) is 0 Å². The van der Waals surface area contributed by atoms with E-state index in [1.54, 1.807) is 6.08 Å². The van der Waals surface area contributed by atoms with Crippen molar-refractivity contribution in [2.24, 2.45) is 0 Å². The Morgan fingerprint density at radius 1 is 1.33 bits per heavy atom. The van der Waals surface area contributed by atoms with E-state index in [0.717, 1.165) is 6.42 Å². The molecule has 0 nitrogen and oxygen atoms in total. The Morgan fingerprint density at radius 3 is 1.89 bits per heavy atom. The summed E-state index contributed by atoms with van der Waals surface area (Å²) in [6.45, 7) is 7.01. The van der Waals surface area contributed by atoms with E-state index in [4.69, 9.17) is 6.58 Å². The Balaban J connectivity index is -0.0000000417. The Labute approximate surface area is 74.3 Å². The van der Waals surface area contributed by atoms with Crippen LogP contribution in [-0.2, 0) is 21.1 Å². The van der Waals surface area contributed by atoms with Gasteiger partial charge in [0.1, 0.15) is 0 Å². The van der Waals surface area contributed by atoms with Crippen molar-refractivity contribution in [2.75, 3.05) is 0 Å². The van der Waals surface area contributed by atoms with Crippen LogP contribution in [0.4, 0.5) is 0 Å². The third kappa shape index (κ3) is 31.0. The van der Waals surface area contributed by atoms with Crippen molar-refractivity contribution >= 4 is 0 Å². The van der Waals surface area contributed by atoms with Crippen LogP contribution in [0, 0.1) is 21.4 Å². The van der Waals surface area contributed by atoms with Crippen molar-refractivity contribution in [1.82, 2.24) is 0 Å². The molecule has 0 aromatic carbocycles. The fraction of sp³-hybridized carbons (Fsp3) is 0.250. The molecule has 0 aliphatic heterocycles. The normalized spacial score (nSPS) is 6.33. The van der Waals surface area contributed by atoms with Crippen LogP contribution in [0.1, 0.15) is 13.3 Å². The van der Waals surface area contributed by atoms with Crippen LogP contribution in [0.25, 0.3) is 0 Å². The van der Waals surface area contributed by atoms with Crippen molar-refractivity contribution in [1.29, 1.82) is 0 Å². The summed E-state index contributed by atoms with van der Waals surface area (Å²) < 4.78 is 0. The molecule has 0 aliphatic carbocycles. The van der Waals surface area contributed by atoms with Crippen molar-refractivity contribution in [3.05, 3.63) is 39.7 Å². The molecule has 0 spiro atoms. The molecule has 60 valence electrons. The zero-order chi connectivity index (χ0) is 4.83. The summed E-state index contributed by atoms with van der Waals surface area (Å²) in [5.74, 6) is 0. The fourth-order valence-corrected chi connectivity index (χ4v) is 0.215. The summed E-state index contributed by atoms with van der Waals surface area (Å²) in [7, 11) is 0. The van der Waals surface area contributed by atoms with E-state index in [9.17, 15) is 0 Å². The van der Waals surface area contributed by atoms with Gasteiger partial charge in [0.25, 0.3) is 0 Å². The first-order valence-electron chi connectivity index (χ1n) is 2.06. The van der Waals surface area contributed by atoms with Crippen LogP contribution in [0.2, 0.25) is 0 Å². The van der Waals surface area contributed by atoms with Gasteiger partial charge in [-0.3, -0.25) is 6.08 Å². The summed E-state index contributed by atoms with van der Waals surface area (Å²) in [5.41, 5.74) is 0. The first-order chi connectivity index (χ1) is 2.91. The molecule has 0 aliphatic rings. The molecule has 0 unspecified atom stereocenters. The SMILES string of the molecule is [CH-]=CCC=CC.[CH3-].[CH3-].[Pt]. The second kappa shape index (κ2) is 24.2. The first kappa shape index (κ1) is 22.9. The van der Waals surface area contributed by atoms with Gasteiger partial charge in [-0.1, -0.05) is 12.2 Å². The largest absolute Gasteiger partial charge is 0.518 e. The van der Waals surface area contributed by atoms with Crippen LogP contribution in [0.5, 0.6) is 0 Å². The first-order valence-corrected chi connectivity index (χ1v) is 2.06. The van der Waals surface area contributed by atoms with Crippen LogP contribution in [-0.4, -0.2) is 0 Å². The summed E-state index contributed by atoms with van der Waals surface area (Å²) >= 11 is 0. The molecule has 0 bridgehead atoms. The molecule has 0 aromatic rings. The molecule has 0 fully saturated rings. The summed E-state index contributed by atoms with van der Waals surface area (Å²) in [4.78, 5) is 0. The second-order valence-corrected chi connectivity index (χ2v) is 1.04. The molecule has 0 amide bonds. The number of hydrogen-bond donors (Lipinski definition) is 0. The van der Waals surface area contributed by atoms with Gasteiger partial charge in [-0.2, -0.15) is 0 Å². The monoisotopic (exact) mass is 306 g/mol. The molecule has 0 saturated heterocycles. The molecule has 0 heterocycles. The predicted octanol–water partition coefficient (Wildman–Crippen LogP) is 2.84. The van der Waals surface area contributed by atoms with Crippen molar-refractivity contribution in [3.8, 4) is 0 Å². The van der Waals surface area contributed by atoms with Gasteiger partial charge in [-0.05, 0) is 13.3 Å². The van der Waals surface area contributed by atoms with E-state index in [-0.39, 0.29) is 35.9 Å². The minimum absolute atomic E-state index is 0. The zero-order valence-electron chi connectivity index (χ0n) is 6.33. The standard InChI is InChI=1S/C6H9.2CH3.Pt/c1-3-5-6-4-2;;;/h1,3-4,6H,5H2,2H3;2*1H3;/q3*-1;. The molecule has 0 saturated carbocycles. The molecule has 0 radical (unpaired) electrons. The average molecular weight is 306 g/mol. The summed E-state index contributed by atoms with van der Waals surface area (Å²) in [5, 5.41) is 0. The quantitative estimate of drug-likeness (QED) is 0.544. The zero-order valence-corrected chi connectivity index (χ0v) is 8.60. The molecule has 0 N–H and O–H groups in total.